The van der Waals surface area contributed by atoms with Crippen LogP contribution in [0.5, 0.6) is 5.75 Å². The van der Waals surface area contributed by atoms with Gasteiger partial charge in [0.2, 0.25) is 0 Å². The number of halogens is 4. The molecule has 0 saturated carbocycles. The maximum absolute atomic E-state index is 14.9. The SMILES string of the molecule is COC(=O)c1ccc(OC)c(S(=O)(=O)Nc2cc(C(F)(F)F)cc(F)c2N2CCCCC2)c1. The van der Waals surface area contributed by atoms with Gasteiger partial charge in [0.05, 0.1) is 36.7 Å². The molecule has 1 heterocycles. The molecule has 0 bridgehead atoms. The van der Waals surface area contributed by atoms with Gasteiger partial charge in [0.1, 0.15) is 16.5 Å². The van der Waals surface area contributed by atoms with Crippen LogP contribution >= 0.6 is 0 Å². The Hall–Kier alpha value is -3.02. The number of methoxy groups -OCH3 is 2. The zero-order valence-electron chi connectivity index (χ0n) is 17.8. The number of rotatable bonds is 6. The number of sulfonamides is 1. The summed E-state index contributed by atoms with van der Waals surface area (Å²) >= 11 is 0. The summed E-state index contributed by atoms with van der Waals surface area (Å²) in [6.45, 7) is 0.719. The minimum Gasteiger partial charge on any atom is -0.495 e. The van der Waals surface area contributed by atoms with Gasteiger partial charge in [0, 0.05) is 13.1 Å². The van der Waals surface area contributed by atoms with Gasteiger partial charge in [-0.1, -0.05) is 0 Å². The van der Waals surface area contributed by atoms with E-state index in [-0.39, 0.29) is 17.0 Å². The summed E-state index contributed by atoms with van der Waals surface area (Å²) in [5.74, 6) is -2.19. The molecule has 1 aliphatic rings. The lowest BCUT2D eigenvalue weighted by atomic mass is 10.1. The van der Waals surface area contributed by atoms with E-state index < -0.39 is 44.1 Å². The summed E-state index contributed by atoms with van der Waals surface area (Å²) < 4.78 is 93.0. The lowest BCUT2D eigenvalue weighted by molar-refractivity contribution is -0.137. The van der Waals surface area contributed by atoms with Gasteiger partial charge >= 0.3 is 12.1 Å². The molecule has 3 rings (SSSR count). The maximum atomic E-state index is 14.9. The van der Waals surface area contributed by atoms with Crippen molar-refractivity contribution in [1.82, 2.24) is 0 Å². The molecule has 2 aromatic rings. The minimum absolute atomic E-state index is 0.120. The summed E-state index contributed by atoms with van der Waals surface area (Å²) in [5, 5.41) is 0. The number of esters is 1. The van der Waals surface area contributed by atoms with E-state index in [0.717, 1.165) is 19.6 Å². The van der Waals surface area contributed by atoms with Crippen LogP contribution < -0.4 is 14.4 Å². The first-order chi connectivity index (χ1) is 15.5. The molecule has 0 aliphatic carbocycles. The second-order valence-electron chi connectivity index (χ2n) is 7.36. The summed E-state index contributed by atoms with van der Waals surface area (Å²) in [5.41, 5.74) is -2.29. The van der Waals surface area contributed by atoms with Gasteiger partial charge in [0.25, 0.3) is 10.0 Å². The van der Waals surface area contributed by atoms with E-state index in [1.54, 1.807) is 0 Å². The van der Waals surface area contributed by atoms with Crippen molar-refractivity contribution in [3.8, 4) is 5.75 Å². The average molecular weight is 490 g/mol. The van der Waals surface area contributed by atoms with Crippen LogP contribution in [0.15, 0.2) is 35.2 Å². The highest BCUT2D eigenvalue weighted by Crippen LogP contribution is 2.40. The molecule has 1 aliphatic heterocycles. The van der Waals surface area contributed by atoms with Crippen molar-refractivity contribution in [3.05, 3.63) is 47.3 Å². The van der Waals surface area contributed by atoms with Gasteiger partial charge in [-0.3, -0.25) is 4.72 Å². The van der Waals surface area contributed by atoms with Gasteiger partial charge in [0.15, 0.2) is 0 Å². The number of nitrogens with one attached hydrogen (secondary N) is 1. The van der Waals surface area contributed by atoms with E-state index in [0.29, 0.717) is 38.1 Å². The number of hydrogen-bond donors (Lipinski definition) is 1. The Morgan fingerprint density at radius 2 is 1.73 bits per heavy atom. The first-order valence-electron chi connectivity index (χ1n) is 9.93. The number of anilines is 2. The molecule has 0 radical (unpaired) electrons. The number of carbonyl (C=O) groups excluding carboxylic acids is 1. The van der Waals surface area contributed by atoms with Crippen LogP contribution in [0.4, 0.5) is 28.9 Å². The average Bonchev–Trinajstić information content (AvgIpc) is 2.77. The molecule has 180 valence electrons. The monoisotopic (exact) mass is 490 g/mol. The molecule has 2 aromatic carbocycles. The van der Waals surface area contributed by atoms with Gasteiger partial charge in [-0.25, -0.2) is 17.6 Å². The van der Waals surface area contributed by atoms with E-state index in [4.69, 9.17) is 4.74 Å². The zero-order chi connectivity index (χ0) is 24.4. The van der Waals surface area contributed by atoms with Crippen LogP contribution in [-0.4, -0.2) is 41.7 Å². The molecule has 0 spiro atoms. The van der Waals surface area contributed by atoms with Gasteiger partial charge < -0.3 is 14.4 Å². The summed E-state index contributed by atoms with van der Waals surface area (Å²) in [6, 6.07) is 4.35. The fraction of sp³-hybridized carbons (Fsp3) is 0.381. The number of ether oxygens (including phenoxy) is 2. The Kier molecular flexibility index (Phi) is 7.06. The number of nitrogens with zero attached hydrogens (tertiary/aromatic N) is 1. The zero-order valence-corrected chi connectivity index (χ0v) is 18.6. The predicted octanol–water partition coefficient (Wildman–Crippen LogP) is 4.43. The molecule has 1 N–H and O–H groups in total. The Bertz CT molecular complexity index is 1150. The number of hydrogen-bond acceptors (Lipinski definition) is 6. The largest absolute Gasteiger partial charge is 0.495 e. The van der Waals surface area contributed by atoms with Gasteiger partial charge in [-0.2, -0.15) is 13.2 Å². The number of carbonyl (C=O) groups is 1. The molecule has 0 aromatic heterocycles. The van der Waals surface area contributed by atoms with E-state index in [1.165, 1.54) is 24.1 Å². The van der Waals surface area contributed by atoms with Crippen LogP contribution in [0, 0.1) is 5.82 Å². The van der Waals surface area contributed by atoms with Crippen LogP contribution in [-0.2, 0) is 20.9 Å². The minimum atomic E-state index is -4.90. The third-order valence-corrected chi connectivity index (χ3v) is 6.57. The highest BCUT2D eigenvalue weighted by Gasteiger charge is 2.34. The third kappa shape index (κ3) is 5.32. The lowest BCUT2D eigenvalue weighted by Crippen LogP contribution is -2.31. The molecular formula is C21H22F4N2O5S. The van der Waals surface area contributed by atoms with E-state index in [1.807, 2.05) is 0 Å². The van der Waals surface area contributed by atoms with E-state index >= 15 is 0 Å². The molecule has 0 amide bonds. The highest BCUT2D eigenvalue weighted by atomic mass is 32.2. The molecule has 1 fully saturated rings. The topological polar surface area (TPSA) is 84.9 Å². The summed E-state index contributed by atoms with van der Waals surface area (Å²) in [4.78, 5) is 12.8. The number of benzene rings is 2. The van der Waals surface area contributed by atoms with Crippen molar-refractivity contribution in [3.63, 3.8) is 0 Å². The maximum Gasteiger partial charge on any atom is 0.416 e. The normalized spacial score (nSPS) is 14.7. The van der Waals surface area contributed by atoms with Crippen LogP contribution in [0.3, 0.4) is 0 Å². The Balaban J connectivity index is 2.14. The van der Waals surface area contributed by atoms with Crippen molar-refractivity contribution in [2.75, 3.05) is 36.9 Å². The molecule has 0 unspecified atom stereocenters. The predicted molar refractivity (Wildman–Crippen MR) is 113 cm³/mol. The number of alkyl halides is 3. The Morgan fingerprint density at radius 3 is 2.30 bits per heavy atom. The van der Waals surface area contributed by atoms with Crippen LogP contribution in [0.25, 0.3) is 0 Å². The van der Waals surface area contributed by atoms with Crippen LogP contribution in [0.1, 0.15) is 35.2 Å². The third-order valence-electron chi connectivity index (χ3n) is 5.18. The second kappa shape index (κ2) is 9.46. The Morgan fingerprint density at radius 1 is 1.06 bits per heavy atom. The molecule has 7 nitrogen and oxygen atoms in total. The quantitative estimate of drug-likeness (QED) is 0.477. The summed E-state index contributed by atoms with van der Waals surface area (Å²) in [6.07, 6.45) is -2.66. The van der Waals surface area contributed by atoms with Crippen LogP contribution in [0.2, 0.25) is 0 Å². The molecule has 0 atom stereocenters. The first kappa shape index (κ1) is 24.6. The summed E-state index contributed by atoms with van der Waals surface area (Å²) in [7, 11) is -2.31. The van der Waals surface area contributed by atoms with E-state index in [9.17, 15) is 30.8 Å². The fourth-order valence-corrected chi connectivity index (χ4v) is 4.86. The second-order valence-corrected chi connectivity index (χ2v) is 9.01. The first-order valence-corrected chi connectivity index (χ1v) is 11.4. The van der Waals surface area contributed by atoms with Crippen molar-refractivity contribution in [1.29, 1.82) is 0 Å². The number of piperidine rings is 1. The molecule has 1 saturated heterocycles. The van der Waals surface area contributed by atoms with E-state index in [2.05, 4.69) is 9.46 Å². The van der Waals surface area contributed by atoms with Gasteiger partial charge in [-0.15, -0.1) is 0 Å². The standard InChI is InChI=1S/C21H22F4N2O5S/c1-31-17-7-6-13(20(28)32-2)10-18(17)33(29,30)26-16-12-14(21(23,24)25)11-15(22)19(16)27-8-4-3-5-9-27/h6-7,10-12,26H,3-5,8-9H2,1-2H3. The molecule has 12 heteroatoms. The molecule has 33 heavy (non-hydrogen) atoms. The molecular weight excluding hydrogens is 468 g/mol. The van der Waals surface area contributed by atoms with Crippen molar-refractivity contribution >= 4 is 27.4 Å². The van der Waals surface area contributed by atoms with Gasteiger partial charge in [-0.05, 0) is 49.6 Å². The highest BCUT2D eigenvalue weighted by molar-refractivity contribution is 7.92. The van der Waals surface area contributed by atoms with Crippen molar-refractivity contribution in [2.24, 2.45) is 0 Å². The smallest absolute Gasteiger partial charge is 0.416 e. The van der Waals surface area contributed by atoms with Crippen molar-refractivity contribution in [2.45, 2.75) is 30.3 Å². The lowest BCUT2D eigenvalue weighted by Gasteiger charge is -2.31. The van der Waals surface area contributed by atoms with Crippen molar-refractivity contribution < 1.29 is 40.2 Å². The fourth-order valence-electron chi connectivity index (χ4n) is 3.61. The Labute approximate surface area is 188 Å².